The molecule has 0 unspecified atom stereocenters. The van der Waals surface area contributed by atoms with Gasteiger partial charge in [-0.3, -0.25) is 14.8 Å². The molecule has 9 nitrogen and oxygen atoms in total. The van der Waals surface area contributed by atoms with Crippen LogP contribution in [0.1, 0.15) is 59.6 Å². The number of nitrogens with one attached hydrogen (secondary N) is 2. The first-order chi connectivity index (χ1) is 15.5. The van der Waals surface area contributed by atoms with Crippen molar-refractivity contribution in [2.24, 2.45) is 7.05 Å². The lowest BCUT2D eigenvalue weighted by Crippen LogP contribution is -2.28. The summed E-state index contributed by atoms with van der Waals surface area (Å²) >= 11 is 0. The van der Waals surface area contributed by atoms with E-state index in [0.717, 1.165) is 16.7 Å². The topological polar surface area (TPSA) is 111 Å². The predicted octanol–water partition coefficient (Wildman–Crippen LogP) is 3.69. The number of amides is 2. The fraction of sp³-hybridized carbons (Fsp3) is 0.375. The van der Waals surface area contributed by atoms with Gasteiger partial charge >= 0.3 is 6.09 Å². The van der Waals surface area contributed by atoms with Gasteiger partial charge in [0.25, 0.3) is 5.91 Å². The summed E-state index contributed by atoms with van der Waals surface area (Å²) < 4.78 is 6.89. The van der Waals surface area contributed by atoms with E-state index in [9.17, 15) is 9.59 Å². The second-order valence-electron chi connectivity index (χ2n) is 8.84. The summed E-state index contributed by atoms with van der Waals surface area (Å²) in [5.74, 6) is 0.860. The van der Waals surface area contributed by atoms with E-state index < -0.39 is 11.7 Å². The Kier molecular flexibility index (Phi) is 7.10. The third-order valence-electron chi connectivity index (χ3n) is 4.87. The van der Waals surface area contributed by atoms with Crippen LogP contribution in [0.4, 0.5) is 10.6 Å². The number of ether oxygens (including phenoxy) is 1. The zero-order valence-electron chi connectivity index (χ0n) is 19.9. The fourth-order valence-corrected chi connectivity index (χ4v) is 3.29. The molecule has 0 radical (unpaired) electrons. The van der Waals surface area contributed by atoms with Gasteiger partial charge in [0.15, 0.2) is 0 Å². The molecule has 2 N–H and O–H groups in total. The van der Waals surface area contributed by atoms with Gasteiger partial charge in [-0.2, -0.15) is 0 Å². The van der Waals surface area contributed by atoms with Crippen molar-refractivity contribution >= 4 is 17.8 Å². The van der Waals surface area contributed by atoms with Crippen molar-refractivity contribution < 1.29 is 14.3 Å². The predicted molar refractivity (Wildman–Crippen MR) is 125 cm³/mol. The molecular weight excluding hydrogens is 420 g/mol. The number of pyridine rings is 1. The molecular formula is C24H30N6O3. The summed E-state index contributed by atoms with van der Waals surface area (Å²) in [4.78, 5) is 33.5. The number of anilines is 1. The van der Waals surface area contributed by atoms with Crippen LogP contribution in [0.15, 0.2) is 36.4 Å². The lowest BCUT2D eigenvalue weighted by atomic mass is 10.1. The number of nitrogens with zero attached hydrogens (tertiary/aromatic N) is 4. The van der Waals surface area contributed by atoms with Crippen LogP contribution in [0.25, 0.3) is 0 Å². The molecule has 1 aromatic carbocycles. The third kappa shape index (κ3) is 6.61. The minimum absolute atomic E-state index is 0.120. The summed E-state index contributed by atoms with van der Waals surface area (Å²) in [5, 5.41) is 9.76. The SMILES string of the molecule is Cc1cc(NC(=O)OC(C)(C)C)nc(C)c1CNC(=O)c1nc(Cc2ccccc2)n(C)n1. The van der Waals surface area contributed by atoms with Crippen LogP contribution < -0.4 is 10.6 Å². The summed E-state index contributed by atoms with van der Waals surface area (Å²) in [6.45, 7) is 9.37. The molecule has 0 saturated heterocycles. The van der Waals surface area contributed by atoms with Gasteiger partial charge in [-0.1, -0.05) is 30.3 Å². The first kappa shape index (κ1) is 23.9. The van der Waals surface area contributed by atoms with Crippen molar-refractivity contribution in [2.75, 3.05) is 5.32 Å². The van der Waals surface area contributed by atoms with Crippen molar-refractivity contribution in [2.45, 2.75) is 53.2 Å². The van der Waals surface area contributed by atoms with Crippen molar-refractivity contribution in [1.82, 2.24) is 25.1 Å². The van der Waals surface area contributed by atoms with Crippen molar-refractivity contribution in [3.8, 4) is 0 Å². The third-order valence-corrected chi connectivity index (χ3v) is 4.87. The van der Waals surface area contributed by atoms with E-state index in [-0.39, 0.29) is 18.3 Å². The molecule has 0 saturated carbocycles. The van der Waals surface area contributed by atoms with E-state index in [0.29, 0.717) is 23.8 Å². The van der Waals surface area contributed by atoms with E-state index >= 15 is 0 Å². The molecule has 3 aromatic rings. The van der Waals surface area contributed by atoms with Gasteiger partial charge in [0.1, 0.15) is 17.2 Å². The number of carbonyl (C=O) groups is 2. The van der Waals surface area contributed by atoms with Gasteiger partial charge in [-0.25, -0.2) is 14.8 Å². The van der Waals surface area contributed by atoms with Crippen LogP contribution in [0.5, 0.6) is 0 Å². The molecule has 0 atom stereocenters. The van der Waals surface area contributed by atoms with Crippen LogP contribution in [0, 0.1) is 13.8 Å². The maximum atomic E-state index is 12.7. The minimum atomic E-state index is -0.598. The summed E-state index contributed by atoms with van der Waals surface area (Å²) in [6.07, 6.45) is 0.0219. The average Bonchev–Trinajstić information content (AvgIpc) is 3.07. The van der Waals surface area contributed by atoms with Crippen LogP contribution in [-0.2, 0) is 24.8 Å². The van der Waals surface area contributed by atoms with Crippen LogP contribution in [-0.4, -0.2) is 37.3 Å². The number of carbonyl (C=O) groups excluding carboxylic acids is 2. The number of aryl methyl sites for hydroxylation is 3. The summed E-state index contributed by atoms with van der Waals surface area (Å²) in [5.41, 5.74) is 2.93. The van der Waals surface area contributed by atoms with Crippen molar-refractivity contribution in [3.05, 3.63) is 70.4 Å². The van der Waals surface area contributed by atoms with Crippen molar-refractivity contribution in [3.63, 3.8) is 0 Å². The molecule has 174 valence electrons. The molecule has 0 bridgehead atoms. The highest BCUT2D eigenvalue weighted by Gasteiger charge is 2.19. The highest BCUT2D eigenvalue weighted by Crippen LogP contribution is 2.18. The molecule has 0 aliphatic heterocycles. The molecule has 3 rings (SSSR count). The van der Waals surface area contributed by atoms with E-state index in [1.54, 1.807) is 38.6 Å². The Labute approximate surface area is 193 Å². The number of hydrogen-bond acceptors (Lipinski definition) is 6. The molecule has 0 fully saturated rings. The second-order valence-corrected chi connectivity index (χ2v) is 8.84. The summed E-state index contributed by atoms with van der Waals surface area (Å²) in [7, 11) is 1.77. The smallest absolute Gasteiger partial charge is 0.413 e. The molecule has 2 heterocycles. The Morgan fingerprint density at radius 2 is 1.79 bits per heavy atom. The lowest BCUT2D eigenvalue weighted by molar-refractivity contribution is 0.0635. The van der Waals surface area contributed by atoms with Crippen LogP contribution >= 0.6 is 0 Å². The number of benzene rings is 1. The van der Waals surface area contributed by atoms with Gasteiger partial charge in [0.2, 0.25) is 5.82 Å². The lowest BCUT2D eigenvalue weighted by Gasteiger charge is -2.20. The van der Waals surface area contributed by atoms with Gasteiger partial charge in [-0.15, -0.1) is 5.10 Å². The zero-order valence-corrected chi connectivity index (χ0v) is 19.9. The number of aromatic nitrogens is 4. The van der Waals surface area contributed by atoms with E-state index in [2.05, 4.69) is 25.7 Å². The first-order valence-corrected chi connectivity index (χ1v) is 10.7. The quantitative estimate of drug-likeness (QED) is 0.592. The molecule has 33 heavy (non-hydrogen) atoms. The molecule has 0 aliphatic carbocycles. The van der Waals surface area contributed by atoms with E-state index in [4.69, 9.17) is 4.74 Å². The first-order valence-electron chi connectivity index (χ1n) is 10.7. The molecule has 0 spiro atoms. The maximum Gasteiger partial charge on any atom is 0.413 e. The molecule has 9 heteroatoms. The Morgan fingerprint density at radius 1 is 1.09 bits per heavy atom. The fourth-order valence-electron chi connectivity index (χ4n) is 3.29. The van der Waals surface area contributed by atoms with Gasteiger partial charge in [0, 0.05) is 25.7 Å². The Balaban J connectivity index is 1.64. The van der Waals surface area contributed by atoms with E-state index in [1.807, 2.05) is 44.2 Å². The van der Waals surface area contributed by atoms with Crippen LogP contribution in [0.2, 0.25) is 0 Å². The molecule has 2 amide bonds. The zero-order chi connectivity index (χ0) is 24.2. The molecule has 2 aromatic heterocycles. The van der Waals surface area contributed by atoms with Crippen LogP contribution in [0.3, 0.4) is 0 Å². The Hall–Kier alpha value is -3.75. The van der Waals surface area contributed by atoms with Gasteiger partial charge < -0.3 is 10.1 Å². The largest absolute Gasteiger partial charge is 0.444 e. The minimum Gasteiger partial charge on any atom is -0.444 e. The summed E-state index contributed by atoms with van der Waals surface area (Å²) in [6, 6.07) is 11.6. The second kappa shape index (κ2) is 9.81. The van der Waals surface area contributed by atoms with Gasteiger partial charge in [-0.05, 0) is 57.4 Å². The maximum absolute atomic E-state index is 12.7. The number of rotatable bonds is 6. The normalized spacial score (nSPS) is 11.2. The highest BCUT2D eigenvalue weighted by atomic mass is 16.6. The van der Waals surface area contributed by atoms with E-state index in [1.165, 1.54) is 0 Å². The average molecular weight is 451 g/mol. The molecule has 0 aliphatic rings. The Morgan fingerprint density at radius 3 is 2.42 bits per heavy atom. The number of hydrogen-bond donors (Lipinski definition) is 2. The van der Waals surface area contributed by atoms with Gasteiger partial charge in [0.05, 0.1) is 0 Å². The monoisotopic (exact) mass is 450 g/mol. The Bertz CT molecular complexity index is 1130. The highest BCUT2D eigenvalue weighted by molar-refractivity contribution is 5.90. The van der Waals surface area contributed by atoms with Crippen molar-refractivity contribution in [1.29, 1.82) is 0 Å². The standard InChI is InChI=1S/C24H30N6O3/c1-15-12-19(27-23(32)33-24(3,4)5)26-16(2)18(15)14-25-22(31)21-28-20(30(6)29-21)13-17-10-8-7-9-11-17/h7-12H,13-14H2,1-6H3,(H,25,31)(H,26,27,32).